The predicted molar refractivity (Wildman–Crippen MR) is 290 cm³/mol. The molecule has 6 fully saturated rings. The molecule has 72 heavy (non-hydrogen) atoms. The molecule has 6 aliphatic carbocycles. The lowest BCUT2D eigenvalue weighted by atomic mass is 9.77. The van der Waals surface area contributed by atoms with Gasteiger partial charge in [-0.25, -0.2) is 0 Å². The molecule has 0 radical (unpaired) electrons. The highest BCUT2D eigenvalue weighted by atomic mass is 16.2. The predicted octanol–water partition coefficient (Wildman–Crippen LogP) is 10.4. The lowest BCUT2D eigenvalue weighted by Gasteiger charge is -2.36. The summed E-state index contributed by atoms with van der Waals surface area (Å²) in [7, 11) is 0. The van der Waals surface area contributed by atoms with Crippen molar-refractivity contribution in [3.05, 3.63) is 0 Å². The molecule has 18 unspecified atom stereocenters. The van der Waals surface area contributed by atoms with E-state index in [1.54, 1.807) is 0 Å². The molecule has 0 saturated heterocycles. The first kappa shape index (κ1) is 59.7. The molecule has 0 aromatic heterocycles. The molecule has 0 heterocycles. The van der Waals surface area contributed by atoms with E-state index in [0.717, 1.165) is 96.3 Å². The molecule has 6 rings (SSSR count). The lowest BCUT2D eigenvalue weighted by Crippen LogP contribution is -2.49. The van der Waals surface area contributed by atoms with Gasteiger partial charge < -0.3 is 31.9 Å². The number of nitrogens with one attached hydrogen (secondary N) is 6. The normalized spacial score (nSPS) is 38.0. The van der Waals surface area contributed by atoms with Crippen molar-refractivity contribution in [2.75, 3.05) is 0 Å². The van der Waals surface area contributed by atoms with Crippen molar-refractivity contribution < 1.29 is 28.8 Å². The molecule has 18 atom stereocenters. The van der Waals surface area contributed by atoms with Crippen molar-refractivity contribution >= 4 is 35.4 Å². The molecule has 6 amide bonds. The van der Waals surface area contributed by atoms with E-state index in [4.69, 9.17) is 0 Å². The minimum Gasteiger partial charge on any atom is -0.353 e. The second-order valence-corrected chi connectivity index (χ2v) is 26.1. The number of rotatable bonds is 16. The first-order valence-corrected chi connectivity index (χ1v) is 29.9. The second kappa shape index (κ2) is 28.6. The van der Waals surface area contributed by atoms with Crippen LogP contribution in [-0.2, 0) is 28.8 Å². The maximum atomic E-state index is 13.5. The van der Waals surface area contributed by atoms with Gasteiger partial charge in [0.2, 0.25) is 35.4 Å². The Morgan fingerprint density at radius 3 is 0.847 bits per heavy atom. The lowest BCUT2D eigenvalue weighted by molar-refractivity contribution is -0.135. The Hall–Kier alpha value is -3.18. The molecule has 6 saturated carbocycles. The molecule has 412 valence electrons. The summed E-state index contributed by atoms with van der Waals surface area (Å²) in [5.41, 5.74) is 0. The summed E-state index contributed by atoms with van der Waals surface area (Å²) in [5, 5.41) is 19.3. The third-order valence-electron chi connectivity index (χ3n) is 19.9. The Kier molecular flexibility index (Phi) is 23.7. The summed E-state index contributed by atoms with van der Waals surface area (Å²) in [5.74, 6) is 4.43. The highest BCUT2D eigenvalue weighted by Gasteiger charge is 2.37. The van der Waals surface area contributed by atoms with E-state index in [1.807, 2.05) is 0 Å². The van der Waals surface area contributed by atoms with E-state index in [-0.39, 0.29) is 97.4 Å². The minimum absolute atomic E-state index is 0.0735. The third kappa shape index (κ3) is 18.3. The van der Waals surface area contributed by atoms with Gasteiger partial charge >= 0.3 is 0 Å². The first-order valence-electron chi connectivity index (χ1n) is 29.9. The average molecular weight is 1010 g/mol. The molecule has 6 aliphatic rings. The van der Waals surface area contributed by atoms with Crippen molar-refractivity contribution in [2.45, 2.75) is 261 Å². The SMILES string of the molecule is CC1CCC(NC(=O)CC(CC(=O)NC2CCC(C)CC2C)C(=O)NC2CCC(C)CC2C)C(C)C1.CC1CCCC(NC(=O)CC(CC(=O)NC2CCCC(C)C2C)C(=O)NC2CCCC(C)C2C)C1C. The molecule has 0 bridgehead atoms. The Bertz CT molecular complexity index is 1680. The standard InChI is InChI=1S/2C30H53N3O3/c1-18-7-10-25(21(4)13-18)31-28(34)16-24(30(36)33-27-12-9-20(3)15-23(27)6)17-29(35)32-26-11-8-19(2)14-22(26)5;1-18-10-7-13-25(21(18)4)31-28(34)16-24(30(36)33-27-15-9-12-20(3)23(27)6)17-29(35)32-26-14-8-11-19(2)22(26)5/h2*18-27H,7-17H2,1-6H3,(H,31,34)(H,32,35)(H,33,36). The average Bonchev–Trinajstić information content (AvgIpc) is 3.31. The van der Waals surface area contributed by atoms with E-state index < -0.39 is 11.8 Å². The maximum Gasteiger partial charge on any atom is 0.224 e. The van der Waals surface area contributed by atoms with E-state index in [1.165, 1.54) is 19.3 Å². The van der Waals surface area contributed by atoms with Crippen molar-refractivity contribution in [3.63, 3.8) is 0 Å². The molecule has 0 aliphatic heterocycles. The number of amides is 6. The topological polar surface area (TPSA) is 175 Å². The Morgan fingerprint density at radius 1 is 0.306 bits per heavy atom. The van der Waals surface area contributed by atoms with Crippen LogP contribution in [0, 0.1) is 82.9 Å². The molecular formula is C60H106N6O6. The molecule has 0 aromatic carbocycles. The van der Waals surface area contributed by atoms with Crippen molar-refractivity contribution in [1.82, 2.24) is 31.9 Å². The zero-order chi connectivity index (χ0) is 52.8. The highest BCUT2D eigenvalue weighted by Crippen LogP contribution is 2.35. The van der Waals surface area contributed by atoms with Gasteiger partial charge in [0.1, 0.15) is 0 Å². The fourth-order valence-corrected chi connectivity index (χ4v) is 14.1. The van der Waals surface area contributed by atoms with Gasteiger partial charge in [0.15, 0.2) is 0 Å². The first-order chi connectivity index (χ1) is 34.1. The van der Waals surface area contributed by atoms with Crippen molar-refractivity contribution in [1.29, 1.82) is 0 Å². The van der Waals surface area contributed by atoms with Crippen LogP contribution >= 0.6 is 0 Å². The minimum atomic E-state index is -0.637. The maximum absolute atomic E-state index is 13.5. The smallest absolute Gasteiger partial charge is 0.224 e. The highest BCUT2D eigenvalue weighted by molar-refractivity contribution is 5.91. The van der Waals surface area contributed by atoms with Crippen molar-refractivity contribution in [3.8, 4) is 0 Å². The fraction of sp³-hybridized carbons (Fsp3) is 0.900. The zero-order valence-corrected chi connectivity index (χ0v) is 47.6. The number of hydrogen-bond acceptors (Lipinski definition) is 6. The fourth-order valence-electron chi connectivity index (χ4n) is 14.1. The van der Waals surface area contributed by atoms with Gasteiger partial charge in [-0.1, -0.05) is 122 Å². The van der Waals surface area contributed by atoms with Crippen LogP contribution in [0.15, 0.2) is 0 Å². The van der Waals surface area contributed by atoms with Gasteiger partial charge in [0, 0.05) is 61.9 Å². The number of carbonyl (C=O) groups excluding carboxylic acids is 6. The zero-order valence-electron chi connectivity index (χ0n) is 47.6. The summed E-state index contributed by atoms with van der Waals surface area (Å²) >= 11 is 0. The van der Waals surface area contributed by atoms with Crippen LogP contribution in [0.1, 0.15) is 224 Å². The second-order valence-electron chi connectivity index (χ2n) is 26.1. The molecule has 0 spiro atoms. The molecule has 0 aromatic rings. The summed E-state index contributed by atoms with van der Waals surface area (Å²) in [6.07, 6.45) is 19.8. The Morgan fingerprint density at radius 2 is 0.556 bits per heavy atom. The van der Waals surface area contributed by atoms with E-state index in [0.29, 0.717) is 71.0 Å². The van der Waals surface area contributed by atoms with Gasteiger partial charge in [-0.05, 0) is 148 Å². The van der Waals surface area contributed by atoms with Crippen LogP contribution < -0.4 is 31.9 Å². The summed E-state index contributed by atoms with van der Waals surface area (Å²) in [4.78, 5) is 79.4. The molecule has 6 N–H and O–H groups in total. The monoisotopic (exact) mass is 1010 g/mol. The molecule has 12 nitrogen and oxygen atoms in total. The molecule has 12 heteroatoms. The van der Waals surface area contributed by atoms with Crippen LogP contribution in [-0.4, -0.2) is 71.7 Å². The van der Waals surface area contributed by atoms with Crippen LogP contribution in [0.25, 0.3) is 0 Å². The van der Waals surface area contributed by atoms with Crippen molar-refractivity contribution in [2.24, 2.45) is 82.9 Å². The van der Waals surface area contributed by atoms with Crippen LogP contribution in [0.2, 0.25) is 0 Å². The summed E-state index contributed by atoms with van der Waals surface area (Å²) < 4.78 is 0. The quantitative estimate of drug-likeness (QED) is 0.0898. The van der Waals surface area contributed by atoms with Crippen LogP contribution in [0.5, 0.6) is 0 Å². The third-order valence-corrected chi connectivity index (χ3v) is 19.9. The van der Waals surface area contributed by atoms with E-state index in [2.05, 4.69) is 115 Å². The number of carbonyl (C=O) groups is 6. The van der Waals surface area contributed by atoms with E-state index in [9.17, 15) is 28.8 Å². The summed E-state index contributed by atoms with van der Waals surface area (Å²) in [6, 6.07) is 0.882. The largest absolute Gasteiger partial charge is 0.353 e. The molecular weight excluding hydrogens is 901 g/mol. The van der Waals surface area contributed by atoms with Gasteiger partial charge in [0.05, 0.1) is 11.8 Å². The number of hydrogen-bond donors (Lipinski definition) is 6. The van der Waals surface area contributed by atoms with Crippen LogP contribution in [0.3, 0.4) is 0 Å². The van der Waals surface area contributed by atoms with Gasteiger partial charge in [-0.2, -0.15) is 0 Å². The Labute approximate surface area is 438 Å². The van der Waals surface area contributed by atoms with Gasteiger partial charge in [-0.3, -0.25) is 28.8 Å². The van der Waals surface area contributed by atoms with Crippen LogP contribution in [0.4, 0.5) is 0 Å². The Balaban J connectivity index is 0.000000267. The van der Waals surface area contributed by atoms with E-state index >= 15 is 0 Å². The van der Waals surface area contributed by atoms with Gasteiger partial charge in [0.25, 0.3) is 0 Å². The summed E-state index contributed by atoms with van der Waals surface area (Å²) in [6.45, 7) is 26.8. The van der Waals surface area contributed by atoms with Gasteiger partial charge in [-0.15, -0.1) is 0 Å².